The number of hydrogen-bond acceptors (Lipinski definition) is 1. The lowest BCUT2D eigenvalue weighted by molar-refractivity contribution is -0.289. The summed E-state index contributed by atoms with van der Waals surface area (Å²) in [5.41, 5.74) is 4.27. The highest BCUT2D eigenvalue weighted by molar-refractivity contribution is 7.80. The molecule has 0 aliphatic heterocycles. The maximum Gasteiger partial charge on any atom is 0.458 e. The van der Waals surface area contributed by atoms with Crippen LogP contribution in [0.15, 0.2) is 24.3 Å². The van der Waals surface area contributed by atoms with Gasteiger partial charge in [-0.3, -0.25) is 0 Å². The van der Waals surface area contributed by atoms with Gasteiger partial charge in [0.2, 0.25) is 0 Å². The van der Waals surface area contributed by atoms with Gasteiger partial charge in [-0.05, 0) is 0 Å². The molecule has 0 aliphatic rings. The highest BCUT2D eigenvalue weighted by Gasteiger charge is 2.58. The fourth-order valence-electron chi connectivity index (χ4n) is 1.01. The van der Waals surface area contributed by atoms with Crippen LogP contribution in [0, 0.1) is 0 Å². The van der Waals surface area contributed by atoms with E-state index in [0.717, 1.165) is 12.1 Å². The van der Waals surface area contributed by atoms with Gasteiger partial charge in [0.25, 0.3) is 0 Å². The molecule has 0 radical (unpaired) electrons. The summed E-state index contributed by atoms with van der Waals surface area (Å²) in [7, 11) is 0. The molecule has 0 heterocycles. The van der Waals surface area contributed by atoms with Gasteiger partial charge in [-0.15, -0.1) is 0 Å². The number of benzene rings is 1. The van der Waals surface area contributed by atoms with E-state index in [1.54, 1.807) is 0 Å². The van der Waals surface area contributed by atoms with Crippen molar-refractivity contribution < 1.29 is 22.0 Å². The van der Waals surface area contributed by atoms with E-state index in [1.807, 2.05) is 0 Å². The smallest absolute Gasteiger partial charge is 0.389 e. The Morgan fingerprint density at radius 2 is 1.44 bits per heavy atom. The quantitative estimate of drug-likeness (QED) is 0.649. The zero-order valence-electron chi connectivity index (χ0n) is 7.68. The van der Waals surface area contributed by atoms with Crippen molar-refractivity contribution in [1.29, 1.82) is 0 Å². The second-order valence-electron chi connectivity index (χ2n) is 3.01. The van der Waals surface area contributed by atoms with Gasteiger partial charge in [0, 0.05) is 11.1 Å². The minimum Gasteiger partial charge on any atom is -0.389 e. The molecule has 0 aliphatic carbocycles. The monoisotopic (exact) mass is 255 g/mol. The van der Waals surface area contributed by atoms with Crippen LogP contribution >= 0.6 is 12.2 Å². The minimum absolute atomic E-state index is 0.0677. The van der Waals surface area contributed by atoms with Crippen molar-refractivity contribution in [1.82, 2.24) is 0 Å². The second-order valence-corrected chi connectivity index (χ2v) is 3.45. The topological polar surface area (TPSA) is 26.0 Å². The largest absolute Gasteiger partial charge is 0.458 e. The summed E-state index contributed by atoms with van der Waals surface area (Å²) in [6, 6.07) is 3.36. The number of nitrogens with two attached hydrogens (primary N) is 1. The van der Waals surface area contributed by atoms with Crippen LogP contribution in [0.2, 0.25) is 0 Å². The van der Waals surface area contributed by atoms with Crippen molar-refractivity contribution in [3.05, 3.63) is 35.4 Å². The van der Waals surface area contributed by atoms with E-state index in [9.17, 15) is 22.0 Å². The Labute approximate surface area is 93.1 Å². The van der Waals surface area contributed by atoms with E-state index in [1.165, 1.54) is 0 Å². The Hall–Kier alpha value is -1.24. The van der Waals surface area contributed by atoms with Crippen LogP contribution in [0.25, 0.3) is 0 Å². The molecule has 1 rings (SSSR count). The van der Waals surface area contributed by atoms with Gasteiger partial charge in [0.15, 0.2) is 0 Å². The average Bonchev–Trinajstić information content (AvgIpc) is 2.16. The van der Waals surface area contributed by atoms with Crippen molar-refractivity contribution in [3.63, 3.8) is 0 Å². The van der Waals surface area contributed by atoms with Crippen LogP contribution in [0.4, 0.5) is 22.0 Å². The summed E-state index contributed by atoms with van der Waals surface area (Å²) in [6.45, 7) is 0. The first kappa shape index (κ1) is 12.8. The number of halogens is 5. The lowest BCUT2D eigenvalue weighted by Gasteiger charge is -2.19. The van der Waals surface area contributed by atoms with Gasteiger partial charge < -0.3 is 5.73 Å². The standard InChI is InChI=1S/C9H6F5NS/c10-8(11,9(12,13)14)6-3-1-5(2-4-6)7(15)16/h1-4H,(H2,15,16). The summed E-state index contributed by atoms with van der Waals surface area (Å²) in [4.78, 5) is -0.0677. The molecule has 0 amide bonds. The Bertz CT molecular complexity index is 395. The molecular weight excluding hydrogens is 249 g/mol. The molecule has 0 spiro atoms. The minimum atomic E-state index is -5.61. The Kier molecular flexibility index (Phi) is 3.18. The summed E-state index contributed by atoms with van der Waals surface area (Å²) in [6.07, 6.45) is -5.61. The lowest BCUT2D eigenvalue weighted by Crippen LogP contribution is -2.33. The second kappa shape index (κ2) is 3.97. The summed E-state index contributed by atoms with van der Waals surface area (Å²) < 4.78 is 61.5. The van der Waals surface area contributed by atoms with E-state index in [-0.39, 0.29) is 10.6 Å². The Balaban J connectivity index is 3.11. The maximum absolute atomic E-state index is 12.8. The molecule has 0 saturated carbocycles. The SMILES string of the molecule is NC(=S)c1ccc(C(F)(F)C(F)(F)F)cc1. The lowest BCUT2D eigenvalue weighted by atomic mass is 10.1. The number of thiocarbonyl (C=S) groups is 1. The van der Waals surface area contributed by atoms with Gasteiger partial charge in [-0.25, -0.2) is 0 Å². The van der Waals surface area contributed by atoms with Gasteiger partial charge in [0.05, 0.1) is 0 Å². The molecule has 0 unspecified atom stereocenters. The van der Waals surface area contributed by atoms with Crippen molar-refractivity contribution in [3.8, 4) is 0 Å². The zero-order chi connectivity index (χ0) is 12.6. The number of rotatable bonds is 2. The molecule has 1 aromatic carbocycles. The van der Waals surface area contributed by atoms with Crippen molar-refractivity contribution in [2.45, 2.75) is 12.1 Å². The van der Waals surface area contributed by atoms with Crippen molar-refractivity contribution >= 4 is 17.2 Å². The number of alkyl halides is 5. The van der Waals surface area contributed by atoms with E-state index < -0.39 is 17.7 Å². The molecule has 2 N–H and O–H groups in total. The van der Waals surface area contributed by atoms with Crippen LogP contribution < -0.4 is 5.73 Å². The molecule has 0 fully saturated rings. The molecule has 0 saturated heterocycles. The van der Waals surface area contributed by atoms with Crippen molar-refractivity contribution in [2.75, 3.05) is 0 Å². The fraction of sp³-hybridized carbons (Fsp3) is 0.222. The van der Waals surface area contributed by atoms with E-state index >= 15 is 0 Å². The average molecular weight is 255 g/mol. The highest BCUT2D eigenvalue weighted by Crippen LogP contribution is 2.43. The molecule has 0 atom stereocenters. The Morgan fingerprint density at radius 3 is 1.75 bits per heavy atom. The van der Waals surface area contributed by atoms with E-state index in [0.29, 0.717) is 12.1 Å². The van der Waals surface area contributed by atoms with Crippen LogP contribution in [-0.4, -0.2) is 11.2 Å². The van der Waals surface area contributed by atoms with Gasteiger partial charge in [-0.2, -0.15) is 22.0 Å². The Morgan fingerprint density at radius 1 is 1.00 bits per heavy atom. The molecule has 1 nitrogen and oxygen atoms in total. The predicted octanol–water partition coefficient (Wildman–Crippen LogP) is 2.97. The fourth-order valence-corrected chi connectivity index (χ4v) is 1.14. The molecule has 0 aromatic heterocycles. The molecule has 0 bridgehead atoms. The van der Waals surface area contributed by atoms with Crippen LogP contribution in [0.3, 0.4) is 0 Å². The normalized spacial score (nSPS) is 12.6. The third kappa shape index (κ3) is 2.29. The molecular formula is C9H6F5NS. The zero-order valence-corrected chi connectivity index (χ0v) is 8.50. The van der Waals surface area contributed by atoms with Crippen LogP contribution in [-0.2, 0) is 5.92 Å². The highest BCUT2D eigenvalue weighted by atomic mass is 32.1. The first-order chi connectivity index (χ1) is 7.16. The first-order valence-electron chi connectivity index (χ1n) is 4.01. The molecule has 7 heteroatoms. The first-order valence-corrected chi connectivity index (χ1v) is 4.42. The van der Waals surface area contributed by atoms with Gasteiger partial charge in [-0.1, -0.05) is 36.5 Å². The molecule has 1 aromatic rings. The molecule has 88 valence electrons. The molecule has 16 heavy (non-hydrogen) atoms. The predicted molar refractivity (Wildman–Crippen MR) is 52.3 cm³/mol. The maximum atomic E-state index is 12.8. The van der Waals surface area contributed by atoms with Gasteiger partial charge >= 0.3 is 12.1 Å². The van der Waals surface area contributed by atoms with Gasteiger partial charge in [0.1, 0.15) is 4.99 Å². The third-order valence-electron chi connectivity index (χ3n) is 1.89. The van der Waals surface area contributed by atoms with E-state index in [4.69, 9.17) is 5.73 Å². The number of hydrogen-bond donors (Lipinski definition) is 1. The summed E-state index contributed by atoms with van der Waals surface area (Å²) in [5, 5.41) is 0. The van der Waals surface area contributed by atoms with Crippen LogP contribution in [0.5, 0.6) is 0 Å². The third-order valence-corrected chi connectivity index (χ3v) is 2.12. The summed E-state index contributed by atoms with van der Waals surface area (Å²) >= 11 is 4.54. The summed E-state index contributed by atoms with van der Waals surface area (Å²) in [5.74, 6) is -4.87. The van der Waals surface area contributed by atoms with Crippen LogP contribution in [0.1, 0.15) is 11.1 Å². The van der Waals surface area contributed by atoms with Crippen molar-refractivity contribution in [2.24, 2.45) is 5.73 Å². The van der Waals surface area contributed by atoms with E-state index in [2.05, 4.69) is 12.2 Å².